The van der Waals surface area contributed by atoms with E-state index >= 15 is 0 Å². The Labute approximate surface area is 98.4 Å². The van der Waals surface area contributed by atoms with E-state index in [1.807, 2.05) is 22.6 Å². The Hall–Kier alpha value is -1.44. The molecule has 1 aromatic heterocycles. The highest BCUT2D eigenvalue weighted by molar-refractivity contribution is 14.1. The van der Waals surface area contributed by atoms with Gasteiger partial charge in [0, 0.05) is 21.3 Å². The lowest BCUT2D eigenvalue weighted by atomic mass is 10.2. The van der Waals surface area contributed by atoms with Crippen LogP contribution in [0.1, 0.15) is 0 Å². The van der Waals surface area contributed by atoms with Crippen LogP contribution in [0.3, 0.4) is 0 Å². The molecule has 0 aliphatic carbocycles. The van der Waals surface area contributed by atoms with Crippen molar-refractivity contribution < 1.29 is 9.34 Å². The molecule has 0 bridgehead atoms. The van der Waals surface area contributed by atoms with E-state index in [9.17, 15) is 10.1 Å². The molecule has 0 fully saturated rings. The normalized spacial score (nSPS) is 10.2. The summed E-state index contributed by atoms with van der Waals surface area (Å²) in [7, 11) is 0. The standard InChI is InChI=1S/C9H5IN2O3/c10-8-3-6(12(13)14)1-2-7(8)9-4-11-5-15-9/h1-5H. The highest BCUT2D eigenvalue weighted by Gasteiger charge is 2.11. The van der Waals surface area contributed by atoms with Gasteiger partial charge in [-0.05, 0) is 28.7 Å². The predicted octanol–water partition coefficient (Wildman–Crippen LogP) is 2.85. The van der Waals surface area contributed by atoms with Crippen molar-refractivity contribution in [3.63, 3.8) is 0 Å². The summed E-state index contributed by atoms with van der Waals surface area (Å²) in [4.78, 5) is 13.9. The maximum Gasteiger partial charge on any atom is 0.270 e. The summed E-state index contributed by atoms with van der Waals surface area (Å²) in [6.07, 6.45) is 2.90. The summed E-state index contributed by atoms with van der Waals surface area (Å²) >= 11 is 2.03. The molecule has 0 atom stereocenters. The van der Waals surface area contributed by atoms with Crippen molar-refractivity contribution in [2.45, 2.75) is 0 Å². The topological polar surface area (TPSA) is 69.2 Å². The number of oxazole rings is 1. The van der Waals surface area contributed by atoms with Gasteiger partial charge in [0.2, 0.25) is 0 Å². The van der Waals surface area contributed by atoms with E-state index in [-0.39, 0.29) is 5.69 Å². The monoisotopic (exact) mass is 316 g/mol. The van der Waals surface area contributed by atoms with Crippen LogP contribution in [0, 0.1) is 13.7 Å². The van der Waals surface area contributed by atoms with Crippen LogP contribution in [0.25, 0.3) is 11.3 Å². The van der Waals surface area contributed by atoms with Gasteiger partial charge in [0.05, 0.1) is 11.1 Å². The van der Waals surface area contributed by atoms with Crippen molar-refractivity contribution in [3.05, 3.63) is 44.5 Å². The van der Waals surface area contributed by atoms with E-state index in [1.54, 1.807) is 12.3 Å². The van der Waals surface area contributed by atoms with Crippen molar-refractivity contribution in [1.29, 1.82) is 0 Å². The first kappa shape index (κ1) is 10.1. The number of nitro groups is 1. The van der Waals surface area contributed by atoms with Crippen LogP contribution in [0.5, 0.6) is 0 Å². The van der Waals surface area contributed by atoms with Crippen LogP contribution in [-0.4, -0.2) is 9.91 Å². The lowest BCUT2D eigenvalue weighted by Crippen LogP contribution is -1.89. The molecule has 5 nitrogen and oxygen atoms in total. The fourth-order valence-corrected chi connectivity index (χ4v) is 1.93. The fraction of sp³-hybridized carbons (Fsp3) is 0. The molecule has 0 unspecified atom stereocenters. The molecule has 2 aromatic rings. The van der Waals surface area contributed by atoms with E-state index in [4.69, 9.17) is 4.42 Å². The molecule has 0 N–H and O–H groups in total. The van der Waals surface area contributed by atoms with E-state index in [2.05, 4.69) is 4.98 Å². The molecular formula is C9H5IN2O3. The lowest BCUT2D eigenvalue weighted by molar-refractivity contribution is -0.384. The number of hydrogen-bond donors (Lipinski definition) is 0. The Bertz CT molecular complexity index is 496. The SMILES string of the molecule is O=[N+]([O-])c1ccc(-c2cnco2)c(I)c1. The van der Waals surface area contributed by atoms with Gasteiger partial charge in [-0.2, -0.15) is 0 Å². The summed E-state index contributed by atoms with van der Waals surface area (Å²) < 4.78 is 5.88. The summed E-state index contributed by atoms with van der Waals surface area (Å²) in [5.41, 5.74) is 0.876. The minimum absolute atomic E-state index is 0.0719. The zero-order chi connectivity index (χ0) is 10.8. The number of non-ortho nitro benzene ring substituents is 1. The van der Waals surface area contributed by atoms with Crippen molar-refractivity contribution in [1.82, 2.24) is 4.98 Å². The first-order valence-corrected chi connectivity index (χ1v) is 5.09. The number of nitrogens with zero attached hydrogens (tertiary/aromatic N) is 2. The van der Waals surface area contributed by atoms with E-state index in [0.29, 0.717) is 5.76 Å². The Balaban J connectivity index is 2.48. The Morgan fingerprint density at radius 3 is 2.80 bits per heavy atom. The van der Waals surface area contributed by atoms with Crippen molar-refractivity contribution >= 4 is 28.3 Å². The number of benzene rings is 1. The quantitative estimate of drug-likeness (QED) is 0.485. The smallest absolute Gasteiger partial charge is 0.270 e. The molecule has 0 aliphatic rings. The second kappa shape index (κ2) is 3.97. The third-order valence-electron chi connectivity index (χ3n) is 1.86. The number of hydrogen-bond acceptors (Lipinski definition) is 4. The fourth-order valence-electron chi connectivity index (χ4n) is 1.17. The Morgan fingerprint density at radius 2 is 2.27 bits per heavy atom. The van der Waals surface area contributed by atoms with Crippen LogP contribution < -0.4 is 0 Å². The van der Waals surface area contributed by atoms with Gasteiger partial charge >= 0.3 is 0 Å². The van der Waals surface area contributed by atoms with Gasteiger partial charge in [0.25, 0.3) is 5.69 Å². The predicted molar refractivity (Wildman–Crippen MR) is 61.3 cm³/mol. The lowest BCUT2D eigenvalue weighted by Gasteiger charge is -1.99. The summed E-state index contributed by atoms with van der Waals surface area (Å²) in [6, 6.07) is 4.60. The van der Waals surface area contributed by atoms with Crippen molar-refractivity contribution in [3.8, 4) is 11.3 Å². The van der Waals surface area contributed by atoms with Crippen LogP contribution in [-0.2, 0) is 0 Å². The molecule has 0 radical (unpaired) electrons. The van der Waals surface area contributed by atoms with E-state index in [0.717, 1.165) is 9.13 Å². The highest BCUT2D eigenvalue weighted by Crippen LogP contribution is 2.27. The highest BCUT2D eigenvalue weighted by atomic mass is 127. The molecule has 0 amide bonds. The Kier molecular flexibility index (Phi) is 2.67. The summed E-state index contributed by atoms with van der Waals surface area (Å²) in [6.45, 7) is 0. The average Bonchev–Trinajstić information content (AvgIpc) is 2.70. The maximum atomic E-state index is 10.5. The van der Waals surface area contributed by atoms with Gasteiger partial charge < -0.3 is 4.42 Å². The molecule has 1 heterocycles. The summed E-state index contributed by atoms with van der Waals surface area (Å²) in [5, 5.41) is 10.5. The van der Waals surface area contributed by atoms with Gasteiger partial charge in [-0.25, -0.2) is 4.98 Å². The van der Waals surface area contributed by atoms with Crippen molar-refractivity contribution in [2.75, 3.05) is 0 Å². The van der Waals surface area contributed by atoms with Crippen LogP contribution in [0.15, 0.2) is 35.2 Å². The third-order valence-corrected chi connectivity index (χ3v) is 2.75. The van der Waals surface area contributed by atoms with Gasteiger partial charge in [-0.3, -0.25) is 10.1 Å². The third kappa shape index (κ3) is 1.99. The number of nitro benzene ring substituents is 1. The molecule has 76 valence electrons. The van der Waals surface area contributed by atoms with Crippen LogP contribution in [0.2, 0.25) is 0 Å². The molecular weight excluding hydrogens is 311 g/mol. The van der Waals surface area contributed by atoms with Gasteiger partial charge in [0.1, 0.15) is 0 Å². The first-order chi connectivity index (χ1) is 7.18. The summed E-state index contributed by atoms with van der Waals surface area (Å²) in [5.74, 6) is 0.606. The van der Waals surface area contributed by atoms with E-state index < -0.39 is 4.92 Å². The van der Waals surface area contributed by atoms with E-state index in [1.165, 1.54) is 18.5 Å². The molecule has 0 saturated heterocycles. The zero-order valence-corrected chi connectivity index (χ0v) is 9.54. The van der Waals surface area contributed by atoms with Crippen LogP contribution >= 0.6 is 22.6 Å². The molecule has 0 spiro atoms. The van der Waals surface area contributed by atoms with Gasteiger partial charge in [-0.1, -0.05) is 0 Å². The Morgan fingerprint density at radius 1 is 1.47 bits per heavy atom. The molecule has 2 rings (SSSR count). The second-order valence-corrected chi connectivity index (χ2v) is 3.95. The van der Waals surface area contributed by atoms with Crippen LogP contribution in [0.4, 0.5) is 5.69 Å². The minimum Gasteiger partial charge on any atom is -0.443 e. The molecule has 1 aromatic carbocycles. The maximum absolute atomic E-state index is 10.5. The minimum atomic E-state index is -0.424. The second-order valence-electron chi connectivity index (χ2n) is 2.79. The van der Waals surface area contributed by atoms with Gasteiger partial charge in [0.15, 0.2) is 12.2 Å². The first-order valence-electron chi connectivity index (χ1n) is 4.01. The molecule has 6 heteroatoms. The molecule has 15 heavy (non-hydrogen) atoms. The van der Waals surface area contributed by atoms with Gasteiger partial charge in [-0.15, -0.1) is 0 Å². The van der Waals surface area contributed by atoms with Crippen molar-refractivity contribution in [2.24, 2.45) is 0 Å². The largest absolute Gasteiger partial charge is 0.443 e. The number of rotatable bonds is 2. The zero-order valence-electron chi connectivity index (χ0n) is 7.38. The number of halogens is 1. The molecule has 0 aliphatic heterocycles. The molecule has 0 saturated carbocycles. The number of aromatic nitrogens is 1. The average molecular weight is 316 g/mol.